The van der Waals surface area contributed by atoms with Crippen LogP contribution >= 0.6 is 0 Å². The highest BCUT2D eigenvalue weighted by Gasteiger charge is 2.45. The number of aliphatic carboxylic acids is 1. The van der Waals surface area contributed by atoms with Gasteiger partial charge < -0.3 is 10.0 Å². The number of carboxylic acid groups (broad SMARTS) is 1. The summed E-state index contributed by atoms with van der Waals surface area (Å²) in [6.45, 7) is 12.8. The Bertz CT molecular complexity index is 1950. The number of nitrogens with zero attached hydrogens (tertiary/aromatic N) is 2. The van der Waals surface area contributed by atoms with E-state index in [1.807, 2.05) is 0 Å². The zero-order chi connectivity index (χ0) is 31.8. The molecule has 0 saturated carbocycles. The Morgan fingerprint density at radius 3 is 2.09 bits per heavy atom. The monoisotopic (exact) mass is 595 g/mol. The van der Waals surface area contributed by atoms with Gasteiger partial charge in [-0.15, -0.1) is 0 Å². The highest BCUT2D eigenvalue weighted by atomic mass is 16.4. The molecule has 2 aliphatic rings. The Balaban J connectivity index is 1.26. The first-order valence-corrected chi connectivity index (χ1v) is 16.1. The summed E-state index contributed by atoms with van der Waals surface area (Å²) in [5.41, 5.74) is 7.13. The van der Waals surface area contributed by atoms with Crippen molar-refractivity contribution in [2.75, 3.05) is 18.0 Å². The van der Waals surface area contributed by atoms with Crippen LogP contribution in [0, 0.1) is 0 Å². The van der Waals surface area contributed by atoms with Crippen LogP contribution in [0.15, 0.2) is 121 Å². The summed E-state index contributed by atoms with van der Waals surface area (Å²) in [4.78, 5) is 13.7. The molecule has 45 heavy (non-hydrogen) atoms. The number of allylic oxidation sites excluding steroid dienone is 8. The van der Waals surface area contributed by atoms with E-state index in [0.717, 1.165) is 24.4 Å². The van der Waals surface area contributed by atoms with Crippen molar-refractivity contribution >= 4 is 44.6 Å². The number of fused-ring (bicyclic) bond motifs is 6. The Hall–Kier alpha value is -4.70. The smallest absolute Gasteiger partial charge is 0.305 e. The van der Waals surface area contributed by atoms with Crippen molar-refractivity contribution in [3.05, 3.63) is 132 Å². The van der Waals surface area contributed by atoms with Gasteiger partial charge in [0.2, 0.25) is 5.69 Å². The summed E-state index contributed by atoms with van der Waals surface area (Å²) in [6, 6.07) is 26.0. The molecule has 0 saturated heterocycles. The van der Waals surface area contributed by atoms with E-state index < -0.39 is 5.97 Å². The molecule has 0 radical (unpaired) electrons. The van der Waals surface area contributed by atoms with Gasteiger partial charge in [0.05, 0.1) is 11.8 Å². The third-order valence-electron chi connectivity index (χ3n) is 9.46. The standard InChI is InChI=1S/C41H42N2O2/c1-6-27-42-33-24-22-29-16-12-14-18-31(29)38(33)40(2,3)35(42)20-10-8-7-9-11-21-36-41(4,5)39-32-19-15-13-17-30(32)23-25-34(39)43(36)28-26-37(44)45/h7-25H,6,26-28H2,1-5H3/p+1. The van der Waals surface area contributed by atoms with Gasteiger partial charge in [0.15, 0.2) is 5.71 Å². The molecule has 0 bridgehead atoms. The fourth-order valence-electron chi connectivity index (χ4n) is 7.47. The van der Waals surface area contributed by atoms with Crippen molar-refractivity contribution in [3.8, 4) is 0 Å². The van der Waals surface area contributed by atoms with E-state index in [2.05, 4.69) is 159 Å². The van der Waals surface area contributed by atoms with Crippen LogP contribution in [0.1, 0.15) is 58.6 Å². The summed E-state index contributed by atoms with van der Waals surface area (Å²) in [5, 5.41) is 14.5. The predicted octanol–water partition coefficient (Wildman–Crippen LogP) is 9.60. The molecule has 6 rings (SSSR count). The molecule has 0 spiro atoms. The first kappa shape index (κ1) is 30.3. The largest absolute Gasteiger partial charge is 0.481 e. The molecule has 0 atom stereocenters. The normalized spacial score (nSPS) is 18.0. The van der Waals surface area contributed by atoms with Crippen molar-refractivity contribution in [1.29, 1.82) is 0 Å². The van der Waals surface area contributed by atoms with Crippen molar-refractivity contribution in [2.45, 2.75) is 58.3 Å². The first-order valence-electron chi connectivity index (χ1n) is 16.1. The van der Waals surface area contributed by atoms with Crippen LogP contribution in [0.25, 0.3) is 21.5 Å². The van der Waals surface area contributed by atoms with Crippen LogP contribution in [0.4, 0.5) is 11.4 Å². The Kier molecular flexibility index (Phi) is 8.09. The van der Waals surface area contributed by atoms with E-state index in [0.29, 0.717) is 6.54 Å². The predicted molar refractivity (Wildman–Crippen MR) is 189 cm³/mol. The molecular formula is C41H43N2O2+. The van der Waals surface area contributed by atoms with E-state index in [9.17, 15) is 9.90 Å². The molecule has 2 aliphatic heterocycles. The molecule has 4 nitrogen and oxygen atoms in total. The molecule has 1 N–H and O–H groups in total. The average Bonchev–Trinajstić information content (AvgIpc) is 3.38. The van der Waals surface area contributed by atoms with Crippen LogP contribution in [0.2, 0.25) is 0 Å². The van der Waals surface area contributed by atoms with Gasteiger partial charge >= 0.3 is 5.97 Å². The minimum absolute atomic E-state index is 0.0813. The molecule has 0 aliphatic carbocycles. The van der Waals surface area contributed by atoms with Gasteiger partial charge in [-0.2, -0.15) is 4.58 Å². The van der Waals surface area contributed by atoms with Crippen molar-refractivity contribution in [3.63, 3.8) is 0 Å². The number of hydrogen-bond donors (Lipinski definition) is 1. The zero-order valence-electron chi connectivity index (χ0n) is 27.0. The molecule has 4 aromatic carbocycles. The minimum atomic E-state index is -0.788. The van der Waals surface area contributed by atoms with E-state index in [-0.39, 0.29) is 17.3 Å². The molecule has 0 aromatic heterocycles. The van der Waals surface area contributed by atoms with Gasteiger partial charge in [-0.1, -0.05) is 106 Å². The zero-order valence-corrected chi connectivity index (χ0v) is 27.0. The van der Waals surface area contributed by atoms with E-state index >= 15 is 0 Å². The molecule has 2 heterocycles. The van der Waals surface area contributed by atoms with E-state index in [4.69, 9.17) is 0 Å². The highest BCUT2D eigenvalue weighted by Crippen LogP contribution is 2.51. The molecule has 228 valence electrons. The topological polar surface area (TPSA) is 43.5 Å². The maximum atomic E-state index is 11.5. The minimum Gasteiger partial charge on any atom is -0.481 e. The van der Waals surface area contributed by atoms with Gasteiger partial charge in [-0.3, -0.25) is 4.79 Å². The van der Waals surface area contributed by atoms with Crippen LogP contribution < -0.4 is 4.90 Å². The maximum absolute atomic E-state index is 11.5. The lowest BCUT2D eigenvalue weighted by atomic mass is 9.79. The second kappa shape index (κ2) is 12.0. The Morgan fingerprint density at radius 1 is 0.778 bits per heavy atom. The van der Waals surface area contributed by atoms with Crippen LogP contribution in [-0.4, -0.2) is 34.5 Å². The number of benzene rings is 4. The summed E-state index contributed by atoms with van der Waals surface area (Å²) in [5.74, 6) is -0.788. The van der Waals surface area contributed by atoms with Gasteiger partial charge in [0, 0.05) is 47.5 Å². The van der Waals surface area contributed by atoms with Gasteiger partial charge in [-0.05, 0) is 59.2 Å². The SMILES string of the molecule is CCC[N+]1=C(/C=C/C=C/C=C/C=C2/N(CCC(=O)O)c3ccc4ccccc4c3C2(C)C)C(C)(C)c2c1ccc1ccccc21. The lowest BCUT2D eigenvalue weighted by molar-refractivity contribution is -0.437. The van der Waals surface area contributed by atoms with E-state index in [1.165, 1.54) is 44.1 Å². The highest BCUT2D eigenvalue weighted by molar-refractivity contribution is 6.07. The second-order valence-electron chi connectivity index (χ2n) is 13.1. The quantitative estimate of drug-likeness (QED) is 0.155. The van der Waals surface area contributed by atoms with Crippen LogP contribution in [-0.2, 0) is 15.6 Å². The molecule has 0 amide bonds. The van der Waals surface area contributed by atoms with Crippen LogP contribution in [0.3, 0.4) is 0 Å². The number of anilines is 1. The van der Waals surface area contributed by atoms with Gasteiger partial charge in [0.25, 0.3) is 0 Å². The maximum Gasteiger partial charge on any atom is 0.305 e. The second-order valence-corrected chi connectivity index (χ2v) is 13.1. The third-order valence-corrected chi connectivity index (χ3v) is 9.46. The Labute approximate surface area is 267 Å². The summed E-state index contributed by atoms with van der Waals surface area (Å²) in [7, 11) is 0. The van der Waals surface area contributed by atoms with E-state index in [1.54, 1.807) is 0 Å². The average molecular weight is 596 g/mol. The third kappa shape index (κ3) is 5.33. The number of carboxylic acids is 1. The number of rotatable bonds is 9. The van der Waals surface area contributed by atoms with Gasteiger partial charge in [0.1, 0.15) is 6.54 Å². The van der Waals surface area contributed by atoms with Crippen molar-refractivity contribution < 1.29 is 14.5 Å². The molecule has 0 unspecified atom stereocenters. The molecule has 4 aromatic rings. The lowest BCUT2D eigenvalue weighted by Gasteiger charge is -2.26. The molecule has 0 fully saturated rings. The van der Waals surface area contributed by atoms with Crippen molar-refractivity contribution in [2.24, 2.45) is 0 Å². The van der Waals surface area contributed by atoms with Crippen LogP contribution in [0.5, 0.6) is 0 Å². The Morgan fingerprint density at radius 2 is 1.40 bits per heavy atom. The summed E-state index contributed by atoms with van der Waals surface area (Å²) < 4.78 is 2.49. The lowest BCUT2D eigenvalue weighted by Crippen LogP contribution is -2.28. The number of carbonyl (C=O) groups is 1. The fraction of sp³-hybridized carbons (Fsp3) is 0.268. The van der Waals surface area contributed by atoms with Crippen molar-refractivity contribution in [1.82, 2.24) is 0 Å². The number of hydrogen-bond acceptors (Lipinski definition) is 2. The van der Waals surface area contributed by atoms with Gasteiger partial charge in [-0.25, -0.2) is 0 Å². The summed E-state index contributed by atoms with van der Waals surface area (Å²) in [6.07, 6.45) is 16.0. The first-order chi connectivity index (χ1) is 21.7. The molecule has 4 heteroatoms. The fourth-order valence-corrected chi connectivity index (χ4v) is 7.47. The molecular weight excluding hydrogens is 552 g/mol. The summed E-state index contributed by atoms with van der Waals surface area (Å²) >= 11 is 0.